The highest BCUT2D eigenvalue weighted by Gasteiger charge is 2.51. The van der Waals surface area contributed by atoms with Crippen molar-refractivity contribution in [3.8, 4) is 0 Å². The molecule has 3 rings (SSSR count). The molecular weight excluding hydrogens is 180 g/mol. The molecule has 5 unspecified atom stereocenters. The highest BCUT2D eigenvalue weighted by molar-refractivity contribution is 5.01. The summed E-state index contributed by atoms with van der Waals surface area (Å²) in [7, 11) is 0. The van der Waals surface area contributed by atoms with Crippen LogP contribution in [0.4, 0.5) is 0 Å². The van der Waals surface area contributed by atoms with Crippen molar-refractivity contribution in [3.63, 3.8) is 0 Å². The zero-order chi connectivity index (χ0) is 10.8. The van der Waals surface area contributed by atoms with Gasteiger partial charge in [0.25, 0.3) is 0 Å². The van der Waals surface area contributed by atoms with Crippen molar-refractivity contribution in [1.29, 1.82) is 0 Å². The first-order chi connectivity index (χ1) is 7.27. The van der Waals surface area contributed by atoms with Gasteiger partial charge in [0.2, 0.25) is 0 Å². The third kappa shape index (κ3) is 2.10. The van der Waals surface area contributed by atoms with Crippen molar-refractivity contribution < 1.29 is 0 Å². The molecule has 3 saturated carbocycles. The molecule has 88 valence electrons. The minimum absolute atomic E-state index is 1.07. The average Bonchev–Trinajstić information content (AvgIpc) is 2.81. The lowest BCUT2D eigenvalue weighted by molar-refractivity contribution is 0.134. The summed E-state index contributed by atoms with van der Waals surface area (Å²) in [5.41, 5.74) is 0. The minimum Gasteiger partial charge on any atom is -0.0654 e. The third-order valence-electron chi connectivity index (χ3n) is 5.43. The molecule has 0 heterocycles. The lowest BCUT2D eigenvalue weighted by Crippen LogP contribution is -2.28. The number of hydrogen-bond donors (Lipinski definition) is 0. The fraction of sp³-hybridized carbons (Fsp3) is 1.00. The summed E-state index contributed by atoms with van der Waals surface area (Å²) in [6, 6.07) is 0. The van der Waals surface area contributed by atoms with Gasteiger partial charge in [-0.15, -0.1) is 0 Å². The minimum atomic E-state index is 1.07. The molecule has 0 aromatic rings. The van der Waals surface area contributed by atoms with Gasteiger partial charge in [0.15, 0.2) is 0 Å². The summed E-state index contributed by atoms with van der Waals surface area (Å²) < 4.78 is 0. The second kappa shape index (κ2) is 4.89. The largest absolute Gasteiger partial charge is 0.0654 e. The zero-order valence-corrected chi connectivity index (χ0v) is 10.8. The Labute approximate surface area is 95.8 Å². The molecule has 0 aliphatic heterocycles. The fourth-order valence-electron chi connectivity index (χ4n) is 4.25. The Hall–Kier alpha value is 0. The number of hydrogen-bond acceptors (Lipinski definition) is 0. The van der Waals surface area contributed by atoms with Crippen molar-refractivity contribution in [2.24, 2.45) is 29.6 Å². The van der Waals surface area contributed by atoms with E-state index >= 15 is 0 Å². The number of rotatable bonds is 6. The molecule has 0 heteroatoms. The molecule has 0 saturated heterocycles. The van der Waals surface area contributed by atoms with E-state index in [9.17, 15) is 0 Å². The topological polar surface area (TPSA) is 0 Å². The molecule has 0 spiro atoms. The molecule has 0 amide bonds. The van der Waals surface area contributed by atoms with Gasteiger partial charge in [-0.3, -0.25) is 0 Å². The van der Waals surface area contributed by atoms with E-state index in [2.05, 4.69) is 20.8 Å². The predicted molar refractivity (Wildman–Crippen MR) is 66.8 cm³/mol. The van der Waals surface area contributed by atoms with Crippen LogP contribution in [0.1, 0.15) is 65.7 Å². The molecule has 3 aliphatic rings. The Morgan fingerprint density at radius 1 is 1.13 bits per heavy atom. The molecule has 5 atom stereocenters. The van der Waals surface area contributed by atoms with Gasteiger partial charge in [0.1, 0.15) is 0 Å². The van der Waals surface area contributed by atoms with Crippen molar-refractivity contribution in [2.45, 2.75) is 65.7 Å². The summed E-state index contributed by atoms with van der Waals surface area (Å²) in [6.07, 6.45) is 10.4. The van der Waals surface area contributed by atoms with Crippen LogP contribution < -0.4 is 0 Å². The van der Waals surface area contributed by atoms with E-state index in [0.29, 0.717) is 0 Å². The quantitative estimate of drug-likeness (QED) is 0.545. The summed E-state index contributed by atoms with van der Waals surface area (Å²) in [6.45, 7) is 7.23. The van der Waals surface area contributed by atoms with E-state index in [-0.39, 0.29) is 0 Å². The van der Waals surface area contributed by atoms with Crippen LogP contribution in [-0.4, -0.2) is 0 Å². The maximum Gasteiger partial charge on any atom is -0.0352 e. The monoisotopic (exact) mass is 208 g/mol. The second-order valence-electron chi connectivity index (χ2n) is 6.08. The molecule has 0 aromatic carbocycles. The first-order valence-corrected chi connectivity index (χ1v) is 7.27. The van der Waals surface area contributed by atoms with E-state index in [0.717, 1.165) is 29.6 Å². The molecule has 0 N–H and O–H groups in total. The fourth-order valence-corrected chi connectivity index (χ4v) is 4.25. The van der Waals surface area contributed by atoms with Crippen molar-refractivity contribution in [3.05, 3.63) is 0 Å². The van der Waals surface area contributed by atoms with Gasteiger partial charge in [-0.2, -0.15) is 0 Å². The van der Waals surface area contributed by atoms with Gasteiger partial charge in [-0.1, -0.05) is 52.9 Å². The smallest absolute Gasteiger partial charge is 0.0352 e. The zero-order valence-electron chi connectivity index (χ0n) is 10.8. The summed E-state index contributed by atoms with van der Waals surface area (Å²) >= 11 is 0. The standard InChI is InChI=1S/C15H28/c1-4-6-7-8-12(5-2)15-10-13-9-14(15)11(13)3/h11-15H,4-10H2,1-3H3. The van der Waals surface area contributed by atoms with Gasteiger partial charge in [-0.05, 0) is 42.4 Å². The lowest BCUT2D eigenvalue weighted by Gasteiger charge is -2.36. The van der Waals surface area contributed by atoms with Crippen LogP contribution in [0.15, 0.2) is 0 Å². The Morgan fingerprint density at radius 3 is 2.40 bits per heavy atom. The number of fused-ring (bicyclic) bond motifs is 1. The SMILES string of the molecule is CCCCCC(CC)C1CC2CC1C2C. The van der Waals surface area contributed by atoms with Gasteiger partial charge < -0.3 is 0 Å². The van der Waals surface area contributed by atoms with Crippen molar-refractivity contribution in [1.82, 2.24) is 0 Å². The van der Waals surface area contributed by atoms with Crippen LogP contribution in [0.5, 0.6) is 0 Å². The average molecular weight is 208 g/mol. The molecule has 0 radical (unpaired) electrons. The van der Waals surface area contributed by atoms with E-state index in [4.69, 9.17) is 0 Å². The molecule has 3 fully saturated rings. The highest BCUT2D eigenvalue weighted by atomic mass is 14.6. The molecule has 0 aromatic heterocycles. The van der Waals surface area contributed by atoms with Crippen LogP contribution in [0.2, 0.25) is 0 Å². The van der Waals surface area contributed by atoms with Crippen LogP contribution >= 0.6 is 0 Å². The highest BCUT2D eigenvalue weighted by Crippen LogP contribution is 2.59. The van der Waals surface area contributed by atoms with Gasteiger partial charge in [-0.25, -0.2) is 0 Å². The van der Waals surface area contributed by atoms with Crippen LogP contribution in [0.25, 0.3) is 0 Å². The lowest BCUT2D eigenvalue weighted by atomic mass is 9.70. The molecule has 3 aliphatic carbocycles. The maximum atomic E-state index is 2.50. The van der Waals surface area contributed by atoms with Crippen molar-refractivity contribution >= 4 is 0 Å². The van der Waals surface area contributed by atoms with Gasteiger partial charge in [0.05, 0.1) is 0 Å². The summed E-state index contributed by atoms with van der Waals surface area (Å²) in [5.74, 6) is 5.51. The van der Waals surface area contributed by atoms with Crippen LogP contribution in [0.3, 0.4) is 0 Å². The first kappa shape index (κ1) is 11.5. The Kier molecular flexibility index (Phi) is 3.74. The molecule has 0 nitrogen and oxygen atoms in total. The molecule has 2 bridgehead atoms. The molecular formula is C15H28. The van der Waals surface area contributed by atoms with Gasteiger partial charge >= 0.3 is 0 Å². The van der Waals surface area contributed by atoms with Crippen LogP contribution in [-0.2, 0) is 0 Å². The number of unbranched alkanes of at least 4 members (excludes halogenated alkanes) is 2. The third-order valence-corrected chi connectivity index (χ3v) is 5.43. The predicted octanol–water partition coefficient (Wildman–Crippen LogP) is 4.89. The van der Waals surface area contributed by atoms with Crippen molar-refractivity contribution in [2.75, 3.05) is 0 Å². The Bertz CT molecular complexity index is 196. The van der Waals surface area contributed by atoms with Crippen LogP contribution in [0, 0.1) is 29.6 Å². The maximum absolute atomic E-state index is 2.50. The Balaban J connectivity index is 1.80. The second-order valence-corrected chi connectivity index (χ2v) is 6.08. The van der Waals surface area contributed by atoms with E-state index in [1.165, 1.54) is 32.1 Å². The van der Waals surface area contributed by atoms with Gasteiger partial charge in [0, 0.05) is 0 Å². The molecule has 15 heavy (non-hydrogen) atoms. The summed E-state index contributed by atoms with van der Waals surface area (Å²) in [5, 5.41) is 0. The van der Waals surface area contributed by atoms with E-state index in [1.54, 1.807) is 12.8 Å². The summed E-state index contributed by atoms with van der Waals surface area (Å²) in [4.78, 5) is 0. The van der Waals surface area contributed by atoms with E-state index in [1.807, 2.05) is 0 Å². The Morgan fingerprint density at radius 2 is 1.93 bits per heavy atom. The first-order valence-electron chi connectivity index (χ1n) is 7.27. The van der Waals surface area contributed by atoms with E-state index < -0.39 is 0 Å². The normalized spacial score (nSPS) is 40.2.